The number of aliphatic carboxylic acids is 1. The summed E-state index contributed by atoms with van der Waals surface area (Å²) >= 11 is 0. The van der Waals surface area contributed by atoms with Gasteiger partial charge in [-0.25, -0.2) is 4.79 Å². The van der Waals surface area contributed by atoms with Crippen molar-refractivity contribution < 1.29 is 14.7 Å². The minimum absolute atomic E-state index is 0.299. The molecule has 0 aromatic carbocycles. The zero-order valence-corrected chi connectivity index (χ0v) is 10.6. The highest BCUT2D eigenvalue weighted by atomic mass is 16.4. The van der Waals surface area contributed by atoms with Crippen molar-refractivity contribution in [2.75, 3.05) is 20.1 Å². The molecule has 0 spiro atoms. The maximum Gasteiger partial charge on any atom is 0.327 e. The fourth-order valence-corrected chi connectivity index (χ4v) is 2.45. The molecule has 1 fully saturated rings. The number of hydrogen-bond donors (Lipinski definition) is 2. The van der Waals surface area contributed by atoms with Crippen molar-refractivity contribution in [1.82, 2.24) is 10.2 Å². The molecule has 17 heavy (non-hydrogen) atoms. The molecule has 1 saturated carbocycles. The molecule has 5 nitrogen and oxygen atoms in total. The van der Waals surface area contributed by atoms with E-state index in [9.17, 15) is 9.59 Å². The topological polar surface area (TPSA) is 69.6 Å². The first-order valence-corrected chi connectivity index (χ1v) is 6.17. The summed E-state index contributed by atoms with van der Waals surface area (Å²) in [5, 5.41) is 11.4. The Kier molecular flexibility index (Phi) is 5.41. The molecule has 1 rings (SSSR count). The number of nitrogens with one attached hydrogen (secondary N) is 1. The summed E-state index contributed by atoms with van der Waals surface area (Å²) in [5.41, 5.74) is 0. The van der Waals surface area contributed by atoms with Gasteiger partial charge in [0.15, 0.2) is 0 Å². The Bertz CT molecular complexity index is 275. The molecule has 0 saturated heterocycles. The van der Waals surface area contributed by atoms with E-state index < -0.39 is 12.0 Å². The molecule has 1 atom stereocenters. The van der Waals surface area contributed by atoms with Crippen LogP contribution in [0.3, 0.4) is 0 Å². The number of nitrogens with zero attached hydrogens (tertiary/aromatic N) is 1. The van der Waals surface area contributed by atoms with Crippen LogP contribution in [0.25, 0.3) is 0 Å². The second-order valence-electron chi connectivity index (χ2n) is 4.96. The van der Waals surface area contributed by atoms with E-state index in [4.69, 9.17) is 5.11 Å². The summed E-state index contributed by atoms with van der Waals surface area (Å²) in [7, 11) is 1.91. The maximum atomic E-state index is 11.0. The van der Waals surface area contributed by atoms with E-state index in [2.05, 4.69) is 5.32 Å². The quantitative estimate of drug-likeness (QED) is 0.719. The highest BCUT2D eigenvalue weighted by molar-refractivity contribution is 5.82. The van der Waals surface area contributed by atoms with Crippen LogP contribution in [-0.4, -0.2) is 48.1 Å². The highest BCUT2D eigenvalue weighted by Gasteiger charge is 2.22. The Morgan fingerprint density at radius 3 is 2.47 bits per heavy atom. The summed E-state index contributed by atoms with van der Waals surface area (Å²) < 4.78 is 0. The second kappa shape index (κ2) is 6.59. The van der Waals surface area contributed by atoms with Gasteiger partial charge in [-0.3, -0.25) is 4.79 Å². The fourth-order valence-electron chi connectivity index (χ4n) is 2.45. The van der Waals surface area contributed by atoms with E-state index in [1.807, 2.05) is 11.9 Å². The van der Waals surface area contributed by atoms with Crippen LogP contribution in [0.15, 0.2) is 0 Å². The predicted molar refractivity (Wildman–Crippen MR) is 64.7 cm³/mol. The number of carbonyl (C=O) groups is 2. The van der Waals surface area contributed by atoms with Crippen LogP contribution in [0, 0.1) is 5.92 Å². The van der Waals surface area contributed by atoms with E-state index in [0.717, 1.165) is 6.54 Å². The van der Waals surface area contributed by atoms with E-state index in [1.54, 1.807) is 0 Å². The van der Waals surface area contributed by atoms with Gasteiger partial charge in [0.25, 0.3) is 0 Å². The van der Waals surface area contributed by atoms with Gasteiger partial charge < -0.3 is 15.3 Å². The summed E-state index contributed by atoms with van der Waals surface area (Å²) in [4.78, 5) is 23.9. The van der Waals surface area contributed by atoms with Gasteiger partial charge in [0.05, 0.1) is 0 Å². The fraction of sp³-hybridized carbons (Fsp3) is 0.833. The molecule has 1 aliphatic rings. The molecule has 1 unspecified atom stereocenters. The van der Waals surface area contributed by atoms with E-state index in [-0.39, 0.29) is 5.91 Å². The Hall–Kier alpha value is -1.10. The average molecular weight is 242 g/mol. The number of likely N-dealkylation sites (N-methyl/N-ethyl adjacent to an activating group) is 1. The van der Waals surface area contributed by atoms with Crippen molar-refractivity contribution in [3.63, 3.8) is 0 Å². The Morgan fingerprint density at radius 1 is 1.41 bits per heavy atom. The van der Waals surface area contributed by atoms with Crippen molar-refractivity contribution in [3.8, 4) is 0 Å². The molecule has 0 bridgehead atoms. The van der Waals surface area contributed by atoms with Crippen LogP contribution < -0.4 is 5.32 Å². The first-order valence-electron chi connectivity index (χ1n) is 6.17. The molecular weight excluding hydrogens is 220 g/mol. The number of hydrogen-bond acceptors (Lipinski definition) is 3. The number of rotatable bonds is 6. The van der Waals surface area contributed by atoms with Crippen LogP contribution in [-0.2, 0) is 9.59 Å². The normalized spacial score (nSPS) is 18.3. The molecule has 2 N–H and O–H groups in total. The number of carboxylic acid groups (broad SMARTS) is 1. The molecule has 0 radical (unpaired) electrons. The molecule has 98 valence electrons. The molecule has 0 heterocycles. The van der Waals surface area contributed by atoms with Gasteiger partial charge in [0.1, 0.15) is 6.04 Å². The Morgan fingerprint density at radius 2 is 2.00 bits per heavy atom. The van der Waals surface area contributed by atoms with Crippen molar-refractivity contribution >= 4 is 11.9 Å². The third-order valence-corrected chi connectivity index (χ3v) is 3.21. The summed E-state index contributed by atoms with van der Waals surface area (Å²) in [6, 6.07) is -0.807. The molecule has 1 amide bonds. The predicted octanol–water partition coefficient (Wildman–Crippen LogP) is 0.698. The van der Waals surface area contributed by atoms with Crippen molar-refractivity contribution in [3.05, 3.63) is 0 Å². The highest BCUT2D eigenvalue weighted by Crippen LogP contribution is 2.25. The minimum atomic E-state index is -0.974. The van der Waals surface area contributed by atoms with Gasteiger partial charge in [-0.05, 0) is 25.8 Å². The van der Waals surface area contributed by atoms with Gasteiger partial charge in [-0.15, -0.1) is 0 Å². The van der Waals surface area contributed by atoms with E-state index in [1.165, 1.54) is 32.6 Å². The van der Waals surface area contributed by atoms with Gasteiger partial charge in [0, 0.05) is 20.0 Å². The smallest absolute Gasteiger partial charge is 0.327 e. The standard InChI is InChI=1S/C12H22N2O3/c1-9(15)13-11(12(16)17)8-14(2)7-10-5-3-4-6-10/h10-11H,3-8H2,1-2H3,(H,13,15)(H,16,17). The molecule has 0 aliphatic heterocycles. The van der Waals surface area contributed by atoms with Crippen LogP contribution in [0.1, 0.15) is 32.6 Å². The second-order valence-corrected chi connectivity index (χ2v) is 4.96. The average Bonchev–Trinajstić information content (AvgIpc) is 2.68. The van der Waals surface area contributed by atoms with Gasteiger partial charge >= 0.3 is 5.97 Å². The van der Waals surface area contributed by atoms with Gasteiger partial charge in [0.2, 0.25) is 5.91 Å². The lowest BCUT2D eigenvalue weighted by Crippen LogP contribution is -2.47. The zero-order valence-electron chi connectivity index (χ0n) is 10.6. The SMILES string of the molecule is CC(=O)NC(CN(C)CC1CCCC1)C(=O)O. The Balaban J connectivity index is 2.37. The number of carboxylic acids is 1. The number of carbonyl (C=O) groups excluding carboxylic acids is 1. The molecule has 0 aromatic rings. The van der Waals surface area contributed by atoms with Crippen LogP contribution in [0.5, 0.6) is 0 Å². The zero-order chi connectivity index (χ0) is 12.8. The van der Waals surface area contributed by atoms with Crippen molar-refractivity contribution in [2.45, 2.75) is 38.6 Å². The Labute approximate surface area is 102 Å². The van der Waals surface area contributed by atoms with Gasteiger partial charge in [-0.2, -0.15) is 0 Å². The third-order valence-electron chi connectivity index (χ3n) is 3.21. The van der Waals surface area contributed by atoms with Crippen LogP contribution in [0.4, 0.5) is 0 Å². The minimum Gasteiger partial charge on any atom is -0.480 e. The van der Waals surface area contributed by atoms with Crippen LogP contribution in [0.2, 0.25) is 0 Å². The lowest BCUT2D eigenvalue weighted by Gasteiger charge is -2.24. The summed E-state index contributed by atoms with van der Waals surface area (Å²) in [5.74, 6) is -0.586. The van der Waals surface area contributed by atoms with E-state index >= 15 is 0 Å². The summed E-state index contributed by atoms with van der Waals surface area (Å²) in [6.07, 6.45) is 5.05. The first-order chi connectivity index (χ1) is 7.99. The summed E-state index contributed by atoms with van der Waals surface area (Å²) in [6.45, 7) is 2.63. The van der Waals surface area contributed by atoms with Crippen LogP contribution >= 0.6 is 0 Å². The molecule has 0 aromatic heterocycles. The first kappa shape index (κ1) is 14.0. The monoisotopic (exact) mass is 242 g/mol. The molecular formula is C12H22N2O3. The lowest BCUT2D eigenvalue weighted by atomic mass is 10.1. The van der Waals surface area contributed by atoms with E-state index in [0.29, 0.717) is 12.5 Å². The molecule has 1 aliphatic carbocycles. The molecule has 5 heteroatoms. The number of amides is 1. The lowest BCUT2D eigenvalue weighted by molar-refractivity contribution is -0.142. The third kappa shape index (κ3) is 5.17. The van der Waals surface area contributed by atoms with Crippen molar-refractivity contribution in [2.24, 2.45) is 5.92 Å². The van der Waals surface area contributed by atoms with Gasteiger partial charge in [-0.1, -0.05) is 12.8 Å². The maximum absolute atomic E-state index is 11.0. The van der Waals surface area contributed by atoms with Crippen molar-refractivity contribution in [1.29, 1.82) is 0 Å². The largest absolute Gasteiger partial charge is 0.480 e.